The highest BCUT2D eigenvalue weighted by Gasteiger charge is 2.16. The Morgan fingerprint density at radius 1 is 1.18 bits per heavy atom. The van der Waals surface area contributed by atoms with E-state index in [2.05, 4.69) is 4.36 Å². The molecule has 122 valence electrons. The summed E-state index contributed by atoms with van der Waals surface area (Å²) in [4.78, 5) is 21.4. The van der Waals surface area contributed by atoms with Gasteiger partial charge in [-0.15, -0.1) is 0 Å². The first kappa shape index (κ1) is 18.2. The van der Waals surface area contributed by atoms with Crippen molar-refractivity contribution < 1.29 is 24.0 Å². The third-order valence-corrected chi connectivity index (χ3v) is 4.20. The first-order valence-electron chi connectivity index (χ1n) is 7.03. The van der Waals surface area contributed by atoms with Crippen LogP contribution in [0, 0.1) is 5.92 Å². The van der Waals surface area contributed by atoms with Crippen molar-refractivity contribution in [2.24, 2.45) is 10.3 Å². The molecule has 1 aromatic carbocycles. The fraction of sp³-hybridized carbons (Fsp3) is 0.467. The van der Waals surface area contributed by atoms with Gasteiger partial charge in [-0.1, -0.05) is 42.5 Å². The fourth-order valence-corrected chi connectivity index (χ4v) is 2.74. The van der Waals surface area contributed by atoms with Gasteiger partial charge in [0.15, 0.2) is 0 Å². The van der Waals surface area contributed by atoms with Crippen molar-refractivity contribution in [1.82, 2.24) is 0 Å². The van der Waals surface area contributed by atoms with E-state index in [1.807, 2.05) is 30.3 Å². The molecule has 0 radical (unpaired) electrons. The van der Waals surface area contributed by atoms with Gasteiger partial charge in [-0.05, 0) is 18.4 Å². The number of carboxylic acids is 2. The van der Waals surface area contributed by atoms with Crippen LogP contribution in [0.15, 0.2) is 34.7 Å². The maximum absolute atomic E-state index is 11.7. The first-order chi connectivity index (χ1) is 10.5. The number of carboxylic acid groups (broad SMARTS) is 2. The fourth-order valence-electron chi connectivity index (χ4n) is 1.87. The summed E-state index contributed by atoms with van der Waals surface area (Å²) in [6.45, 7) is -0.111. The Morgan fingerprint density at radius 3 is 2.45 bits per heavy atom. The molecule has 0 aromatic heterocycles. The highest BCUT2D eigenvalue weighted by molar-refractivity contribution is 7.74. The standard InChI is InChI=1S/C15H20NO5S/c17-14(18)9-8-13(15(19)20)11-16-22(21)10-4-7-12-5-2-1-3-6-12/h1-3,5-6,13H,4,7-11H2,(H,17,18)(H,19,20)/q-1. The first-order valence-corrected chi connectivity index (χ1v) is 8.31. The van der Waals surface area contributed by atoms with Crippen LogP contribution < -0.4 is 0 Å². The van der Waals surface area contributed by atoms with E-state index in [-0.39, 0.29) is 19.4 Å². The van der Waals surface area contributed by atoms with E-state index in [0.29, 0.717) is 12.2 Å². The zero-order valence-electron chi connectivity index (χ0n) is 12.2. The van der Waals surface area contributed by atoms with E-state index in [4.69, 9.17) is 10.2 Å². The molecule has 2 N–H and O–H groups in total. The highest BCUT2D eigenvalue weighted by Crippen LogP contribution is 2.08. The van der Waals surface area contributed by atoms with Gasteiger partial charge in [-0.25, -0.2) is 0 Å². The number of nitrogens with zero attached hydrogens (tertiary/aromatic N) is 1. The molecule has 0 aliphatic carbocycles. The van der Waals surface area contributed by atoms with Crippen LogP contribution in [0.5, 0.6) is 0 Å². The Balaban J connectivity index is 2.38. The molecule has 1 unspecified atom stereocenters. The van der Waals surface area contributed by atoms with Gasteiger partial charge in [0, 0.05) is 13.0 Å². The number of aryl methyl sites for hydroxylation is 1. The lowest BCUT2D eigenvalue weighted by atomic mass is 10.0. The van der Waals surface area contributed by atoms with Crippen molar-refractivity contribution in [3.8, 4) is 0 Å². The lowest BCUT2D eigenvalue weighted by molar-refractivity contribution is -0.142. The molecule has 0 saturated heterocycles. The van der Waals surface area contributed by atoms with E-state index in [9.17, 15) is 13.8 Å². The SMILES string of the molecule is O=C(O)CCC(CN=[S-](=O)CCCc1ccccc1)C(=O)O. The average molecular weight is 326 g/mol. The van der Waals surface area contributed by atoms with Gasteiger partial charge < -0.3 is 18.8 Å². The van der Waals surface area contributed by atoms with Crippen LogP contribution >= 0.6 is 0 Å². The normalized spacial score (nSPS) is 13.6. The van der Waals surface area contributed by atoms with Crippen molar-refractivity contribution in [1.29, 1.82) is 0 Å². The maximum atomic E-state index is 11.7. The molecule has 0 saturated carbocycles. The molecule has 0 fully saturated rings. The Morgan fingerprint density at radius 2 is 1.86 bits per heavy atom. The Hall–Kier alpha value is -1.89. The summed E-state index contributed by atoms with van der Waals surface area (Å²) < 4.78 is 15.6. The lowest BCUT2D eigenvalue weighted by Crippen LogP contribution is -2.18. The number of hydrogen-bond donors (Lipinski definition) is 2. The van der Waals surface area contributed by atoms with E-state index >= 15 is 0 Å². The summed E-state index contributed by atoms with van der Waals surface area (Å²) in [6.07, 6.45) is 1.26. The molecular weight excluding hydrogens is 306 g/mol. The van der Waals surface area contributed by atoms with Crippen molar-refractivity contribution in [2.75, 3.05) is 12.3 Å². The summed E-state index contributed by atoms with van der Waals surface area (Å²) in [5.74, 6) is -2.67. The number of carbonyl (C=O) groups is 2. The number of benzene rings is 1. The Kier molecular flexibility index (Phi) is 8.21. The molecule has 0 bridgehead atoms. The lowest BCUT2D eigenvalue weighted by Gasteiger charge is -2.11. The highest BCUT2D eigenvalue weighted by atomic mass is 32.2. The van der Waals surface area contributed by atoms with Gasteiger partial charge >= 0.3 is 11.9 Å². The summed E-state index contributed by atoms with van der Waals surface area (Å²) in [6, 6.07) is 9.80. The molecule has 0 aliphatic rings. The van der Waals surface area contributed by atoms with Crippen LogP contribution in [-0.2, 0) is 30.8 Å². The largest absolute Gasteiger partial charge is 0.481 e. The van der Waals surface area contributed by atoms with Crippen LogP contribution in [0.1, 0.15) is 24.8 Å². The third kappa shape index (κ3) is 7.78. The van der Waals surface area contributed by atoms with E-state index < -0.39 is 28.5 Å². The van der Waals surface area contributed by atoms with E-state index in [0.717, 1.165) is 12.0 Å². The minimum atomic E-state index is -1.43. The van der Waals surface area contributed by atoms with Gasteiger partial charge in [-0.3, -0.25) is 9.59 Å². The summed E-state index contributed by atoms with van der Waals surface area (Å²) in [5, 5.41) is 17.5. The second-order valence-electron chi connectivity index (χ2n) is 4.89. The van der Waals surface area contributed by atoms with Gasteiger partial charge in [0.1, 0.15) is 0 Å². The third-order valence-electron chi connectivity index (χ3n) is 3.12. The molecule has 0 heterocycles. The summed E-state index contributed by atoms with van der Waals surface area (Å²) in [5.41, 5.74) is 1.16. The predicted molar refractivity (Wildman–Crippen MR) is 83.0 cm³/mol. The summed E-state index contributed by atoms with van der Waals surface area (Å²) in [7, 11) is -1.43. The molecule has 7 heteroatoms. The number of aliphatic carboxylic acids is 2. The molecule has 0 spiro atoms. The van der Waals surface area contributed by atoms with Gasteiger partial charge in [0.2, 0.25) is 0 Å². The predicted octanol–water partition coefficient (Wildman–Crippen LogP) is 2.33. The molecule has 6 nitrogen and oxygen atoms in total. The number of rotatable bonds is 10. The van der Waals surface area contributed by atoms with Gasteiger partial charge in [0.05, 0.1) is 5.92 Å². The molecule has 1 aromatic rings. The van der Waals surface area contributed by atoms with Crippen molar-refractivity contribution in [3.05, 3.63) is 35.9 Å². The Bertz CT molecular complexity index is 567. The van der Waals surface area contributed by atoms with Crippen LogP contribution in [-0.4, -0.2) is 34.4 Å². The van der Waals surface area contributed by atoms with Gasteiger partial charge in [-0.2, -0.15) is 10.6 Å². The van der Waals surface area contributed by atoms with Crippen molar-refractivity contribution in [3.63, 3.8) is 0 Å². The minimum Gasteiger partial charge on any atom is -0.481 e. The molecule has 1 rings (SSSR count). The summed E-state index contributed by atoms with van der Waals surface area (Å²) >= 11 is 0. The second kappa shape index (κ2) is 9.94. The van der Waals surface area contributed by atoms with Gasteiger partial charge in [0.25, 0.3) is 0 Å². The molecule has 1 atom stereocenters. The Labute approximate surface area is 131 Å². The van der Waals surface area contributed by atoms with E-state index in [1.165, 1.54) is 0 Å². The van der Waals surface area contributed by atoms with Crippen LogP contribution in [0.3, 0.4) is 0 Å². The smallest absolute Gasteiger partial charge is 0.308 e. The zero-order chi connectivity index (χ0) is 16.4. The molecular formula is C15H20NO5S-. The monoisotopic (exact) mass is 326 g/mol. The maximum Gasteiger partial charge on any atom is 0.308 e. The zero-order valence-corrected chi connectivity index (χ0v) is 13.0. The van der Waals surface area contributed by atoms with E-state index in [1.54, 1.807) is 0 Å². The average Bonchev–Trinajstić information content (AvgIpc) is 2.47. The van der Waals surface area contributed by atoms with Crippen LogP contribution in [0.4, 0.5) is 0 Å². The molecule has 0 aliphatic heterocycles. The molecule has 22 heavy (non-hydrogen) atoms. The minimum absolute atomic E-state index is 0.00458. The second-order valence-corrected chi connectivity index (χ2v) is 6.20. The van der Waals surface area contributed by atoms with Crippen molar-refractivity contribution in [2.45, 2.75) is 25.7 Å². The van der Waals surface area contributed by atoms with Crippen molar-refractivity contribution >= 4 is 22.5 Å². The molecule has 0 amide bonds. The van der Waals surface area contributed by atoms with Crippen LogP contribution in [0.25, 0.3) is 0 Å². The van der Waals surface area contributed by atoms with Crippen LogP contribution in [0.2, 0.25) is 0 Å². The number of hydrogen-bond acceptors (Lipinski definition) is 5. The topological polar surface area (TPSA) is 104 Å². The quantitative estimate of drug-likeness (QED) is 0.642.